The molecule has 0 bridgehead atoms. The minimum Gasteiger partial charge on any atom is -0.479 e. The number of nitrogens with one attached hydrogen (secondary N) is 2. The van der Waals surface area contributed by atoms with Crippen LogP contribution < -0.4 is 5.32 Å². The van der Waals surface area contributed by atoms with Crippen molar-refractivity contribution in [1.82, 2.24) is 10.2 Å². The van der Waals surface area contributed by atoms with Crippen LogP contribution in [-0.4, -0.2) is 40.2 Å². The number of nitrogens with zero attached hydrogens (tertiary/aromatic N) is 1. The quantitative estimate of drug-likeness (QED) is 0.512. The van der Waals surface area contributed by atoms with Gasteiger partial charge in [0.2, 0.25) is 11.7 Å². The Morgan fingerprint density at radius 2 is 2.38 bits per heavy atom. The highest BCUT2D eigenvalue weighted by Gasteiger charge is 2.34. The second kappa shape index (κ2) is 3.49. The second-order valence-electron chi connectivity index (χ2n) is 2.34. The third-order valence-electron chi connectivity index (χ3n) is 1.47. The normalized spacial score (nSPS) is 18.9. The molecule has 0 radical (unpaired) electrons. The van der Waals surface area contributed by atoms with Crippen LogP contribution in [0.4, 0.5) is 0 Å². The molecule has 1 amide bonds. The van der Waals surface area contributed by atoms with Crippen molar-refractivity contribution in [2.24, 2.45) is 0 Å². The van der Waals surface area contributed by atoms with Crippen LogP contribution in [0.3, 0.4) is 0 Å². The number of carboxylic acids is 1. The van der Waals surface area contributed by atoms with E-state index >= 15 is 0 Å². The molecule has 1 fully saturated rings. The van der Waals surface area contributed by atoms with Gasteiger partial charge in [0.05, 0.1) is 0 Å². The van der Waals surface area contributed by atoms with Gasteiger partial charge in [-0.3, -0.25) is 20.1 Å². The van der Waals surface area contributed by atoms with Crippen LogP contribution >= 0.6 is 8.46 Å². The molecule has 7 nitrogen and oxygen atoms in total. The number of hydrogen-bond donors (Lipinski definition) is 3. The average Bonchev–Trinajstić information content (AvgIpc) is 2.31. The van der Waals surface area contributed by atoms with E-state index in [0.717, 1.165) is 4.90 Å². The van der Waals surface area contributed by atoms with Crippen LogP contribution in [0.5, 0.6) is 0 Å². The Kier molecular flexibility index (Phi) is 2.57. The highest BCUT2D eigenvalue weighted by Crippen LogP contribution is 2.14. The summed E-state index contributed by atoms with van der Waals surface area (Å²) in [6, 6.07) is 0. The Morgan fingerprint density at radius 1 is 1.77 bits per heavy atom. The van der Waals surface area contributed by atoms with Gasteiger partial charge in [0.25, 0.3) is 0 Å². The summed E-state index contributed by atoms with van der Waals surface area (Å²) >= 11 is 0. The Hall–Kier alpha value is -1.49. The van der Waals surface area contributed by atoms with E-state index < -0.39 is 26.1 Å². The van der Waals surface area contributed by atoms with Crippen LogP contribution in [0, 0.1) is 5.41 Å². The predicted molar refractivity (Wildman–Crippen MR) is 41.6 cm³/mol. The molecule has 0 spiro atoms. The molecule has 70 valence electrons. The van der Waals surface area contributed by atoms with Crippen LogP contribution in [0.2, 0.25) is 0 Å². The van der Waals surface area contributed by atoms with Gasteiger partial charge in [-0.1, -0.05) is 0 Å². The second-order valence-corrected chi connectivity index (χ2v) is 3.04. The van der Waals surface area contributed by atoms with Gasteiger partial charge >= 0.3 is 5.97 Å². The molecule has 0 aromatic rings. The van der Waals surface area contributed by atoms with Gasteiger partial charge in [0, 0.05) is 0 Å². The molecule has 1 heterocycles. The van der Waals surface area contributed by atoms with Crippen LogP contribution in [0.1, 0.15) is 0 Å². The first-order valence-corrected chi connectivity index (χ1v) is 4.14. The predicted octanol–water partition coefficient (Wildman–Crippen LogP) is -0.945. The smallest absolute Gasteiger partial charge is 0.338 e. The monoisotopic (exact) mass is 203 g/mol. The summed E-state index contributed by atoms with van der Waals surface area (Å²) in [4.78, 5) is 22.1. The first-order valence-electron chi connectivity index (χ1n) is 3.26. The molecule has 1 atom stereocenters. The molecule has 1 saturated heterocycles. The summed E-state index contributed by atoms with van der Waals surface area (Å²) in [7, 11) is -0.647. The molecule has 0 aromatic heterocycles. The Bertz CT molecular complexity index is 292. The third kappa shape index (κ3) is 1.81. The summed E-state index contributed by atoms with van der Waals surface area (Å²) in [5, 5.41) is 17.8. The Balaban J connectivity index is 2.81. The van der Waals surface area contributed by atoms with E-state index in [2.05, 4.69) is 5.32 Å². The number of aliphatic carboxylic acids is 1. The van der Waals surface area contributed by atoms with Crippen molar-refractivity contribution in [2.75, 3.05) is 6.54 Å². The van der Waals surface area contributed by atoms with E-state index in [1.54, 1.807) is 0 Å². The van der Waals surface area contributed by atoms with Crippen LogP contribution in [0.25, 0.3) is 0 Å². The first kappa shape index (κ1) is 9.60. The Morgan fingerprint density at radius 3 is 2.69 bits per heavy atom. The lowest BCUT2D eigenvalue weighted by atomic mass is 10.5. The van der Waals surface area contributed by atoms with Crippen LogP contribution in [-0.2, 0) is 14.2 Å². The van der Waals surface area contributed by atoms with E-state index in [1.165, 1.54) is 0 Å². The molecule has 0 aliphatic carbocycles. The largest absolute Gasteiger partial charge is 0.479 e. The Labute approximate surface area is 74.4 Å². The average molecular weight is 203 g/mol. The highest BCUT2D eigenvalue weighted by atomic mass is 31.1. The molecule has 8 heteroatoms. The van der Waals surface area contributed by atoms with Gasteiger partial charge < -0.3 is 10.0 Å². The number of hydrogen-bond acceptors (Lipinski definition) is 4. The number of guanidine groups is 1. The topological polar surface area (TPSA) is 111 Å². The maximum Gasteiger partial charge on any atom is 0.338 e. The molecule has 0 saturated carbocycles. The number of carboxylic acid groups (broad SMARTS) is 1. The minimum absolute atomic E-state index is 0.245. The summed E-state index contributed by atoms with van der Waals surface area (Å²) in [5.41, 5.74) is 0. The van der Waals surface area contributed by atoms with Crippen molar-refractivity contribution >= 4 is 26.3 Å². The fourth-order valence-corrected chi connectivity index (χ4v) is 1.32. The number of rotatable bonds is 3. The molecule has 3 N–H and O–H groups in total. The van der Waals surface area contributed by atoms with E-state index in [1.807, 2.05) is 0 Å². The maximum atomic E-state index is 10.7. The van der Waals surface area contributed by atoms with E-state index in [4.69, 9.17) is 10.5 Å². The lowest BCUT2D eigenvalue weighted by Gasteiger charge is -2.17. The summed E-state index contributed by atoms with van der Waals surface area (Å²) in [6.07, 6.45) is 0. The van der Waals surface area contributed by atoms with Crippen molar-refractivity contribution in [2.45, 2.75) is 5.78 Å². The van der Waals surface area contributed by atoms with Gasteiger partial charge in [-0.25, -0.2) is 4.79 Å². The van der Waals surface area contributed by atoms with Gasteiger partial charge in [-0.15, -0.1) is 0 Å². The summed E-state index contributed by atoms with van der Waals surface area (Å²) in [5.74, 6) is -3.51. The van der Waals surface area contributed by atoms with Gasteiger partial charge in [0.1, 0.15) is 6.54 Å². The fraction of sp³-hybridized carbons (Fsp3) is 0.400. The SMILES string of the molecule is N=C1NC(=O)CN1C(P=O)C(=O)O. The number of carbonyl (C=O) groups is 2. The molecule has 1 rings (SSSR count). The van der Waals surface area contributed by atoms with E-state index in [9.17, 15) is 14.2 Å². The summed E-state index contributed by atoms with van der Waals surface area (Å²) in [6.45, 7) is -0.245. The fourth-order valence-electron chi connectivity index (χ4n) is 0.921. The molecule has 1 aliphatic heterocycles. The molecule has 1 unspecified atom stereocenters. The zero-order valence-corrected chi connectivity index (χ0v) is 7.25. The molecule has 13 heavy (non-hydrogen) atoms. The van der Waals surface area contributed by atoms with Crippen LogP contribution in [0.15, 0.2) is 0 Å². The van der Waals surface area contributed by atoms with Gasteiger partial charge in [-0.2, -0.15) is 0 Å². The van der Waals surface area contributed by atoms with Crippen molar-refractivity contribution in [1.29, 1.82) is 5.41 Å². The lowest BCUT2D eigenvalue weighted by Crippen LogP contribution is -2.39. The van der Waals surface area contributed by atoms with E-state index in [0.29, 0.717) is 0 Å². The standard InChI is InChI=1S/C5H6N3O4P/c6-5-7-2(9)1-8(5)3(13-12)4(10)11/h3H,1H2,(H,10,11)(H2,6,7,9). The van der Waals surface area contributed by atoms with Crippen molar-refractivity contribution < 1.29 is 19.3 Å². The first-order chi connectivity index (χ1) is 6.06. The minimum atomic E-state index is -1.37. The zero-order chi connectivity index (χ0) is 10.0. The number of amides is 1. The molecular formula is C5H6N3O4P. The highest BCUT2D eigenvalue weighted by molar-refractivity contribution is 7.26. The van der Waals surface area contributed by atoms with Crippen molar-refractivity contribution in [3.63, 3.8) is 0 Å². The van der Waals surface area contributed by atoms with E-state index in [-0.39, 0.29) is 12.5 Å². The van der Waals surface area contributed by atoms with Gasteiger partial charge in [-0.05, 0) is 0 Å². The maximum absolute atomic E-state index is 10.7. The van der Waals surface area contributed by atoms with Crippen molar-refractivity contribution in [3.8, 4) is 0 Å². The zero-order valence-electron chi connectivity index (χ0n) is 6.35. The number of carbonyl (C=O) groups excluding carboxylic acids is 1. The third-order valence-corrected chi connectivity index (χ3v) is 2.17. The molecule has 0 aromatic carbocycles. The van der Waals surface area contributed by atoms with Crippen molar-refractivity contribution in [3.05, 3.63) is 0 Å². The lowest BCUT2D eigenvalue weighted by molar-refractivity contribution is -0.138. The molecule has 1 aliphatic rings. The van der Waals surface area contributed by atoms with Gasteiger partial charge in [0.15, 0.2) is 14.4 Å². The summed E-state index contributed by atoms with van der Waals surface area (Å²) < 4.78 is 10.4. The molecular weight excluding hydrogens is 197 g/mol.